The van der Waals surface area contributed by atoms with Crippen molar-refractivity contribution in [2.45, 2.75) is 26.8 Å². The number of anilines is 1. The third-order valence-corrected chi connectivity index (χ3v) is 5.55. The topological polar surface area (TPSA) is 115 Å². The summed E-state index contributed by atoms with van der Waals surface area (Å²) in [5, 5.41) is 33.9. The minimum absolute atomic E-state index is 0.105. The number of azo groups is 1. The van der Waals surface area contributed by atoms with Crippen molar-refractivity contribution in [1.29, 1.82) is 0 Å². The number of hydrogen-bond donors (Lipinski definition) is 2. The standard InChI is InChI=1S/C25H22N4O4/c1-14-10-11-19(12-15(14)2)29-24(31)22(16(3)28-29)27-26-21-9-5-8-20(23(21)30)17-6-4-7-18(13-17)25(32)33/h4-13,22,30H,1-3H3,(H,32,33)/t22-/m0/s1. The van der Waals surface area contributed by atoms with Gasteiger partial charge in [0.1, 0.15) is 5.69 Å². The molecule has 0 bridgehead atoms. The Morgan fingerprint density at radius 1 is 1.00 bits per heavy atom. The number of hydrogen-bond acceptors (Lipinski definition) is 6. The smallest absolute Gasteiger partial charge is 0.335 e. The molecule has 0 aromatic heterocycles. The van der Waals surface area contributed by atoms with Crippen LogP contribution in [0.4, 0.5) is 11.4 Å². The van der Waals surface area contributed by atoms with Crippen LogP contribution in [-0.4, -0.2) is 33.8 Å². The molecular formula is C25H22N4O4. The Morgan fingerprint density at radius 3 is 2.48 bits per heavy atom. The number of aromatic carboxylic acids is 1. The molecule has 0 saturated heterocycles. The number of carboxylic acid groups (broad SMARTS) is 1. The summed E-state index contributed by atoms with van der Waals surface area (Å²) in [6, 6.07) is 15.9. The summed E-state index contributed by atoms with van der Waals surface area (Å²) in [4.78, 5) is 24.2. The Morgan fingerprint density at radius 2 is 1.76 bits per heavy atom. The van der Waals surface area contributed by atoms with Crippen LogP contribution in [0.1, 0.15) is 28.4 Å². The second-order valence-corrected chi connectivity index (χ2v) is 7.84. The molecule has 1 amide bonds. The molecule has 2 N–H and O–H groups in total. The van der Waals surface area contributed by atoms with Crippen molar-refractivity contribution in [2.24, 2.45) is 15.3 Å². The molecular weight excluding hydrogens is 420 g/mol. The molecule has 1 atom stereocenters. The van der Waals surface area contributed by atoms with Gasteiger partial charge in [0.05, 0.1) is 17.0 Å². The third kappa shape index (κ3) is 4.23. The number of aromatic hydroxyl groups is 1. The molecule has 4 rings (SSSR count). The van der Waals surface area contributed by atoms with Crippen molar-refractivity contribution in [3.63, 3.8) is 0 Å². The summed E-state index contributed by atoms with van der Waals surface area (Å²) in [5.41, 5.74) is 4.52. The highest BCUT2D eigenvalue weighted by Gasteiger charge is 2.35. The normalized spacial score (nSPS) is 15.8. The van der Waals surface area contributed by atoms with Crippen LogP contribution < -0.4 is 5.01 Å². The van der Waals surface area contributed by atoms with Crippen LogP contribution in [0.25, 0.3) is 11.1 Å². The van der Waals surface area contributed by atoms with Crippen LogP contribution >= 0.6 is 0 Å². The molecule has 1 heterocycles. The number of phenols is 1. The van der Waals surface area contributed by atoms with Gasteiger partial charge in [-0.25, -0.2) is 4.79 Å². The van der Waals surface area contributed by atoms with Crippen molar-refractivity contribution < 1.29 is 19.8 Å². The highest BCUT2D eigenvalue weighted by molar-refractivity contribution is 6.18. The fourth-order valence-corrected chi connectivity index (χ4v) is 3.52. The van der Waals surface area contributed by atoms with Gasteiger partial charge in [-0.1, -0.05) is 30.3 Å². The first-order valence-electron chi connectivity index (χ1n) is 10.3. The number of hydrazone groups is 1. The van der Waals surface area contributed by atoms with Crippen molar-refractivity contribution in [3.05, 3.63) is 77.4 Å². The number of carbonyl (C=O) groups excluding carboxylic acids is 1. The van der Waals surface area contributed by atoms with E-state index in [-0.39, 0.29) is 22.9 Å². The first kappa shape index (κ1) is 21.9. The van der Waals surface area contributed by atoms with Crippen LogP contribution in [0.5, 0.6) is 5.75 Å². The second-order valence-electron chi connectivity index (χ2n) is 7.84. The quantitative estimate of drug-likeness (QED) is 0.525. The Labute approximate surface area is 190 Å². The highest BCUT2D eigenvalue weighted by atomic mass is 16.4. The van der Waals surface area contributed by atoms with Gasteiger partial charge >= 0.3 is 5.97 Å². The predicted molar refractivity (Wildman–Crippen MR) is 125 cm³/mol. The minimum Gasteiger partial charge on any atom is -0.505 e. The molecule has 1 aliphatic heterocycles. The lowest BCUT2D eigenvalue weighted by Crippen LogP contribution is -2.29. The van der Waals surface area contributed by atoms with E-state index >= 15 is 0 Å². The van der Waals surface area contributed by atoms with Gasteiger partial charge in [-0.15, -0.1) is 0 Å². The summed E-state index contributed by atoms with van der Waals surface area (Å²) in [6.07, 6.45) is 0. The van der Waals surface area contributed by atoms with E-state index in [0.717, 1.165) is 11.1 Å². The van der Waals surface area contributed by atoms with Crippen LogP contribution in [0.3, 0.4) is 0 Å². The van der Waals surface area contributed by atoms with Crippen molar-refractivity contribution in [1.82, 2.24) is 0 Å². The number of nitrogens with zero attached hydrogens (tertiary/aromatic N) is 4. The fraction of sp³-hybridized carbons (Fsp3) is 0.160. The van der Waals surface area contributed by atoms with Crippen LogP contribution in [-0.2, 0) is 4.79 Å². The Bertz CT molecular complexity index is 1330. The summed E-state index contributed by atoms with van der Waals surface area (Å²) < 4.78 is 0. The fourth-order valence-electron chi connectivity index (χ4n) is 3.52. The molecule has 166 valence electrons. The van der Waals surface area contributed by atoms with Gasteiger partial charge in [0.25, 0.3) is 5.91 Å². The van der Waals surface area contributed by atoms with Gasteiger partial charge in [0.2, 0.25) is 0 Å². The Balaban J connectivity index is 1.61. The van der Waals surface area contributed by atoms with Crippen molar-refractivity contribution in [2.75, 3.05) is 5.01 Å². The van der Waals surface area contributed by atoms with Crippen LogP contribution in [0.15, 0.2) is 76.0 Å². The van der Waals surface area contributed by atoms with Gasteiger partial charge in [0.15, 0.2) is 11.8 Å². The summed E-state index contributed by atoms with van der Waals surface area (Å²) in [5.74, 6) is -1.55. The number of para-hydroxylation sites is 1. The molecule has 1 aliphatic rings. The Hall–Kier alpha value is -4.33. The van der Waals surface area contributed by atoms with E-state index in [9.17, 15) is 19.8 Å². The van der Waals surface area contributed by atoms with Gasteiger partial charge in [-0.05, 0) is 67.8 Å². The van der Waals surface area contributed by atoms with Gasteiger partial charge < -0.3 is 10.2 Å². The number of rotatable bonds is 5. The summed E-state index contributed by atoms with van der Waals surface area (Å²) in [6.45, 7) is 5.67. The number of aryl methyl sites for hydroxylation is 2. The van der Waals surface area contributed by atoms with Gasteiger partial charge in [-0.3, -0.25) is 4.79 Å². The lowest BCUT2D eigenvalue weighted by Gasteiger charge is -2.14. The van der Waals surface area contributed by atoms with E-state index in [2.05, 4.69) is 15.3 Å². The molecule has 0 unspecified atom stereocenters. The molecule has 0 radical (unpaired) electrons. The minimum atomic E-state index is -1.06. The molecule has 3 aromatic rings. The SMILES string of the molecule is CC1=NN(c2ccc(C)c(C)c2)C(=O)[C@H]1N=Nc1cccc(-c2cccc(C(=O)O)c2)c1O. The maximum Gasteiger partial charge on any atom is 0.335 e. The maximum absolute atomic E-state index is 12.9. The number of amides is 1. The lowest BCUT2D eigenvalue weighted by atomic mass is 10.0. The van der Waals surface area contributed by atoms with E-state index in [1.807, 2.05) is 32.0 Å². The van der Waals surface area contributed by atoms with Crippen molar-refractivity contribution >= 4 is 29.0 Å². The van der Waals surface area contributed by atoms with E-state index in [1.165, 1.54) is 17.1 Å². The number of phenolic OH excluding ortho intramolecular Hbond substituents is 1. The molecule has 0 aliphatic carbocycles. The van der Waals surface area contributed by atoms with Gasteiger partial charge in [0, 0.05) is 5.56 Å². The number of carboxylic acids is 1. The Kier molecular flexibility index (Phi) is 5.74. The molecule has 3 aromatic carbocycles. The van der Waals surface area contributed by atoms with E-state index in [4.69, 9.17) is 0 Å². The molecule has 0 saturated carbocycles. The second kappa shape index (κ2) is 8.66. The zero-order valence-electron chi connectivity index (χ0n) is 18.4. The first-order valence-corrected chi connectivity index (χ1v) is 10.3. The average molecular weight is 442 g/mol. The first-order chi connectivity index (χ1) is 15.8. The molecule has 0 spiro atoms. The number of carbonyl (C=O) groups is 2. The maximum atomic E-state index is 12.9. The molecule has 8 heteroatoms. The summed E-state index contributed by atoms with van der Waals surface area (Å²) in [7, 11) is 0. The largest absolute Gasteiger partial charge is 0.505 e. The van der Waals surface area contributed by atoms with E-state index in [0.29, 0.717) is 22.5 Å². The summed E-state index contributed by atoms with van der Waals surface area (Å²) >= 11 is 0. The highest BCUT2D eigenvalue weighted by Crippen LogP contribution is 2.38. The third-order valence-electron chi connectivity index (χ3n) is 5.55. The van der Waals surface area contributed by atoms with Crippen LogP contribution in [0, 0.1) is 13.8 Å². The lowest BCUT2D eigenvalue weighted by molar-refractivity contribution is -0.117. The van der Waals surface area contributed by atoms with E-state index in [1.54, 1.807) is 37.3 Å². The monoisotopic (exact) mass is 442 g/mol. The molecule has 33 heavy (non-hydrogen) atoms. The van der Waals surface area contributed by atoms with Crippen LogP contribution in [0.2, 0.25) is 0 Å². The van der Waals surface area contributed by atoms with E-state index < -0.39 is 12.0 Å². The predicted octanol–water partition coefficient (Wildman–Crippen LogP) is 5.25. The van der Waals surface area contributed by atoms with Gasteiger partial charge in [-0.2, -0.15) is 20.3 Å². The number of benzene rings is 3. The molecule has 8 nitrogen and oxygen atoms in total. The molecule has 0 fully saturated rings. The van der Waals surface area contributed by atoms with Crippen molar-refractivity contribution in [3.8, 4) is 16.9 Å². The zero-order valence-corrected chi connectivity index (χ0v) is 18.4. The average Bonchev–Trinajstić information content (AvgIpc) is 3.08. The zero-order chi connectivity index (χ0) is 23.7.